The summed E-state index contributed by atoms with van der Waals surface area (Å²) in [5.41, 5.74) is 5.94. The first-order valence-corrected chi connectivity index (χ1v) is 5.76. The van der Waals surface area contributed by atoms with E-state index in [1.807, 2.05) is 0 Å². The second-order valence-electron chi connectivity index (χ2n) is 2.94. The number of benzene rings is 1. The summed E-state index contributed by atoms with van der Waals surface area (Å²) in [5, 5.41) is 4.39. The molecule has 2 rings (SSSR count). The average molecular weight is 278 g/mol. The van der Waals surface area contributed by atoms with Crippen molar-refractivity contribution in [3.63, 3.8) is 0 Å². The Balaban J connectivity index is 2.34. The molecule has 3 N–H and O–H groups in total. The van der Waals surface area contributed by atoms with Crippen molar-refractivity contribution in [3.8, 4) is 0 Å². The number of thiazole rings is 1. The molecular formula is C9H6Cl2FN3S. The van der Waals surface area contributed by atoms with Crippen LogP contribution >= 0.6 is 34.5 Å². The molecule has 0 unspecified atom stereocenters. The van der Waals surface area contributed by atoms with Crippen molar-refractivity contribution in [2.75, 3.05) is 11.1 Å². The van der Waals surface area contributed by atoms with Crippen molar-refractivity contribution in [1.29, 1.82) is 0 Å². The highest BCUT2D eigenvalue weighted by Crippen LogP contribution is 2.35. The van der Waals surface area contributed by atoms with E-state index in [1.54, 1.807) is 0 Å². The van der Waals surface area contributed by atoms with E-state index < -0.39 is 5.82 Å². The van der Waals surface area contributed by atoms with E-state index in [9.17, 15) is 4.39 Å². The molecule has 0 aliphatic rings. The first-order valence-electron chi connectivity index (χ1n) is 4.19. The number of anilines is 3. The van der Waals surface area contributed by atoms with Crippen LogP contribution < -0.4 is 11.1 Å². The van der Waals surface area contributed by atoms with Crippen molar-refractivity contribution in [2.24, 2.45) is 0 Å². The van der Waals surface area contributed by atoms with E-state index in [-0.39, 0.29) is 10.0 Å². The van der Waals surface area contributed by atoms with Gasteiger partial charge in [0.25, 0.3) is 0 Å². The van der Waals surface area contributed by atoms with Gasteiger partial charge in [-0.3, -0.25) is 0 Å². The lowest BCUT2D eigenvalue weighted by Gasteiger charge is -2.07. The predicted octanol–water partition coefficient (Wildman–Crippen LogP) is 3.91. The topological polar surface area (TPSA) is 50.9 Å². The fraction of sp³-hybridized carbons (Fsp3) is 0. The maximum atomic E-state index is 12.9. The van der Waals surface area contributed by atoms with Gasteiger partial charge in [-0.2, -0.15) is 0 Å². The minimum Gasteiger partial charge on any atom is -0.389 e. The zero-order valence-electron chi connectivity index (χ0n) is 7.80. The van der Waals surface area contributed by atoms with Crippen LogP contribution in [-0.2, 0) is 0 Å². The van der Waals surface area contributed by atoms with Crippen molar-refractivity contribution >= 4 is 50.4 Å². The molecule has 0 spiro atoms. The molecule has 1 aromatic heterocycles. The van der Waals surface area contributed by atoms with Gasteiger partial charge < -0.3 is 11.1 Å². The second-order valence-corrected chi connectivity index (χ2v) is 4.81. The molecule has 0 fully saturated rings. The van der Waals surface area contributed by atoms with Crippen LogP contribution in [0.3, 0.4) is 0 Å². The number of hydrogen-bond acceptors (Lipinski definition) is 4. The molecule has 84 valence electrons. The first-order chi connectivity index (χ1) is 7.56. The molecule has 0 aliphatic heterocycles. The van der Waals surface area contributed by atoms with E-state index in [4.69, 9.17) is 28.9 Å². The van der Waals surface area contributed by atoms with Crippen LogP contribution in [-0.4, -0.2) is 4.98 Å². The molecule has 2 aromatic rings. The smallest absolute Gasteiger partial charge is 0.189 e. The number of halogens is 3. The Morgan fingerprint density at radius 2 is 1.94 bits per heavy atom. The van der Waals surface area contributed by atoms with E-state index in [1.165, 1.54) is 29.7 Å². The van der Waals surface area contributed by atoms with Gasteiger partial charge in [-0.25, -0.2) is 9.37 Å². The number of rotatable bonds is 2. The Hall–Kier alpha value is -1.04. The Kier molecular flexibility index (Phi) is 3.18. The van der Waals surface area contributed by atoms with Crippen molar-refractivity contribution in [2.45, 2.75) is 0 Å². The molecule has 0 aliphatic carbocycles. The van der Waals surface area contributed by atoms with E-state index in [0.29, 0.717) is 15.8 Å². The minimum atomic E-state index is -0.487. The van der Waals surface area contributed by atoms with Crippen LogP contribution in [0.2, 0.25) is 10.0 Å². The maximum Gasteiger partial charge on any atom is 0.189 e. The van der Waals surface area contributed by atoms with Gasteiger partial charge in [-0.15, -0.1) is 0 Å². The molecule has 1 heterocycles. The summed E-state index contributed by atoms with van der Waals surface area (Å²) >= 11 is 12.9. The van der Waals surface area contributed by atoms with Crippen LogP contribution in [0.1, 0.15) is 0 Å². The molecule has 0 radical (unpaired) electrons. The Morgan fingerprint density at radius 1 is 1.31 bits per heavy atom. The van der Waals surface area contributed by atoms with Gasteiger partial charge in [0.15, 0.2) is 5.13 Å². The number of hydrogen-bond donors (Lipinski definition) is 2. The number of aromatic nitrogens is 1. The van der Waals surface area contributed by atoms with Crippen molar-refractivity contribution in [3.05, 3.63) is 34.2 Å². The summed E-state index contributed by atoms with van der Waals surface area (Å²) in [6.45, 7) is 0. The zero-order valence-corrected chi connectivity index (χ0v) is 10.1. The molecule has 7 heteroatoms. The standard InChI is InChI=1S/C9H6Cl2FN3S/c10-5-1-4(12)2-6(11)8(5)15-9-14-3-7(13)16-9/h1-3H,13H2,(H,14,15). The number of nitrogens with two attached hydrogens (primary N) is 1. The summed E-state index contributed by atoms with van der Waals surface area (Å²) in [6.07, 6.45) is 1.51. The fourth-order valence-electron chi connectivity index (χ4n) is 1.11. The summed E-state index contributed by atoms with van der Waals surface area (Å²) in [6, 6.07) is 2.35. The number of nitrogens with zero attached hydrogens (tertiary/aromatic N) is 1. The molecule has 0 saturated heterocycles. The van der Waals surface area contributed by atoms with Crippen LogP contribution in [0.5, 0.6) is 0 Å². The molecule has 0 atom stereocenters. The van der Waals surface area contributed by atoms with Gasteiger partial charge in [-0.05, 0) is 12.1 Å². The van der Waals surface area contributed by atoms with Crippen LogP contribution in [0.15, 0.2) is 18.3 Å². The largest absolute Gasteiger partial charge is 0.389 e. The summed E-state index contributed by atoms with van der Waals surface area (Å²) in [5.74, 6) is -0.487. The third kappa shape index (κ3) is 2.37. The SMILES string of the molecule is Nc1cnc(Nc2c(Cl)cc(F)cc2Cl)s1. The lowest BCUT2D eigenvalue weighted by atomic mass is 10.3. The lowest BCUT2D eigenvalue weighted by Crippen LogP contribution is -1.92. The van der Waals surface area contributed by atoms with Gasteiger partial charge >= 0.3 is 0 Å². The maximum absolute atomic E-state index is 12.9. The highest BCUT2D eigenvalue weighted by Gasteiger charge is 2.10. The fourth-order valence-corrected chi connectivity index (χ4v) is 2.26. The summed E-state index contributed by atoms with van der Waals surface area (Å²) < 4.78 is 12.9. The molecule has 1 aromatic carbocycles. The zero-order chi connectivity index (χ0) is 11.7. The monoisotopic (exact) mass is 277 g/mol. The van der Waals surface area contributed by atoms with Gasteiger partial charge in [0.2, 0.25) is 0 Å². The average Bonchev–Trinajstić information content (AvgIpc) is 2.58. The first kappa shape index (κ1) is 11.4. The molecule has 0 saturated carbocycles. The van der Waals surface area contributed by atoms with Crippen LogP contribution in [0.25, 0.3) is 0 Å². The van der Waals surface area contributed by atoms with Gasteiger partial charge in [0.1, 0.15) is 10.8 Å². The third-order valence-corrected chi connectivity index (χ3v) is 3.10. The van der Waals surface area contributed by atoms with Crippen LogP contribution in [0.4, 0.5) is 20.2 Å². The van der Waals surface area contributed by atoms with Gasteiger partial charge in [0.05, 0.1) is 21.9 Å². The molecular weight excluding hydrogens is 272 g/mol. The normalized spacial score (nSPS) is 10.4. The van der Waals surface area contributed by atoms with E-state index >= 15 is 0 Å². The summed E-state index contributed by atoms with van der Waals surface area (Å²) in [7, 11) is 0. The quantitative estimate of drug-likeness (QED) is 0.875. The van der Waals surface area contributed by atoms with Gasteiger partial charge in [-0.1, -0.05) is 34.5 Å². The highest BCUT2D eigenvalue weighted by molar-refractivity contribution is 7.19. The van der Waals surface area contributed by atoms with Gasteiger partial charge in [0, 0.05) is 0 Å². The van der Waals surface area contributed by atoms with Crippen LogP contribution in [0, 0.1) is 5.82 Å². The van der Waals surface area contributed by atoms with E-state index in [0.717, 1.165) is 0 Å². The number of nitrogens with one attached hydrogen (secondary N) is 1. The van der Waals surface area contributed by atoms with Crippen molar-refractivity contribution < 1.29 is 4.39 Å². The molecule has 16 heavy (non-hydrogen) atoms. The lowest BCUT2D eigenvalue weighted by molar-refractivity contribution is 0.628. The Morgan fingerprint density at radius 3 is 2.44 bits per heavy atom. The number of nitrogen functional groups attached to an aromatic ring is 1. The van der Waals surface area contributed by atoms with Crippen molar-refractivity contribution in [1.82, 2.24) is 4.98 Å². The highest BCUT2D eigenvalue weighted by atomic mass is 35.5. The molecule has 3 nitrogen and oxygen atoms in total. The second kappa shape index (κ2) is 4.45. The Labute approximate surface area is 105 Å². The Bertz CT molecular complexity index is 506. The molecule has 0 bridgehead atoms. The van der Waals surface area contributed by atoms with E-state index in [2.05, 4.69) is 10.3 Å². The predicted molar refractivity (Wildman–Crippen MR) is 66.2 cm³/mol. The minimum absolute atomic E-state index is 0.193. The summed E-state index contributed by atoms with van der Waals surface area (Å²) in [4.78, 5) is 3.99. The molecule has 0 amide bonds. The third-order valence-electron chi connectivity index (χ3n) is 1.76.